The van der Waals surface area contributed by atoms with Crippen LogP contribution in [0.25, 0.3) is 0 Å². The third-order valence-electron chi connectivity index (χ3n) is 3.77. The topological polar surface area (TPSA) is 46.3 Å². The highest BCUT2D eigenvalue weighted by Crippen LogP contribution is 2.34. The Labute approximate surface area is 109 Å². The van der Waals surface area contributed by atoms with Gasteiger partial charge < -0.3 is 10.6 Å². The van der Waals surface area contributed by atoms with Crippen LogP contribution in [0.1, 0.15) is 24.0 Å². The average molecular weight is 246 g/mol. The Morgan fingerprint density at radius 1 is 1.39 bits per heavy atom. The molecule has 2 N–H and O–H groups in total. The van der Waals surface area contributed by atoms with Gasteiger partial charge in [0, 0.05) is 19.6 Å². The van der Waals surface area contributed by atoms with Crippen LogP contribution in [0.15, 0.2) is 24.3 Å². The summed E-state index contributed by atoms with van der Waals surface area (Å²) in [5.74, 6) is 0.795. The maximum absolute atomic E-state index is 12.2. The molecule has 0 bridgehead atoms. The average Bonchev–Trinajstić information content (AvgIpc) is 3.17. The molecule has 1 aromatic carbocycles. The highest BCUT2D eigenvalue weighted by molar-refractivity contribution is 5.79. The number of likely N-dealkylation sites (N-methyl/N-ethyl adjacent to an activating group) is 1. The van der Waals surface area contributed by atoms with Gasteiger partial charge in [0.25, 0.3) is 0 Å². The molecule has 1 aliphatic rings. The first-order valence-corrected chi connectivity index (χ1v) is 6.63. The summed E-state index contributed by atoms with van der Waals surface area (Å²) in [6, 6.07) is 8.36. The lowest BCUT2D eigenvalue weighted by molar-refractivity contribution is -0.131. The molecule has 1 unspecified atom stereocenters. The van der Waals surface area contributed by atoms with Crippen molar-refractivity contribution in [2.45, 2.75) is 32.2 Å². The SMILES string of the molecule is Cc1ccc(CC(=O)N(C)C(CN)C2CC2)cc1. The van der Waals surface area contributed by atoms with E-state index in [0.29, 0.717) is 18.9 Å². The van der Waals surface area contributed by atoms with Crippen molar-refractivity contribution in [3.8, 4) is 0 Å². The van der Waals surface area contributed by atoms with Gasteiger partial charge in [0.15, 0.2) is 0 Å². The van der Waals surface area contributed by atoms with Crippen LogP contribution in [0.5, 0.6) is 0 Å². The van der Waals surface area contributed by atoms with E-state index < -0.39 is 0 Å². The molecule has 1 aliphatic carbocycles. The lowest BCUT2D eigenvalue weighted by atomic mass is 10.1. The van der Waals surface area contributed by atoms with Gasteiger partial charge in [-0.1, -0.05) is 29.8 Å². The normalized spacial score (nSPS) is 16.4. The van der Waals surface area contributed by atoms with Crippen LogP contribution < -0.4 is 5.73 Å². The van der Waals surface area contributed by atoms with Gasteiger partial charge in [-0.15, -0.1) is 0 Å². The van der Waals surface area contributed by atoms with E-state index in [1.54, 1.807) is 0 Å². The zero-order valence-corrected chi connectivity index (χ0v) is 11.2. The number of carbonyl (C=O) groups excluding carboxylic acids is 1. The van der Waals surface area contributed by atoms with Crippen molar-refractivity contribution in [3.63, 3.8) is 0 Å². The summed E-state index contributed by atoms with van der Waals surface area (Å²) in [5, 5.41) is 0. The Hall–Kier alpha value is -1.35. The molecule has 0 saturated heterocycles. The quantitative estimate of drug-likeness (QED) is 0.860. The van der Waals surface area contributed by atoms with Crippen molar-refractivity contribution >= 4 is 5.91 Å². The number of hydrogen-bond donors (Lipinski definition) is 1. The summed E-state index contributed by atoms with van der Waals surface area (Å²) >= 11 is 0. The maximum Gasteiger partial charge on any atom is 0.227 e. The van der Waals surface area contributed by atoms with Crippen LogP contribution in [-0.2, 0) is 11.2 Å². The molecule has 1 amide bonds. The van der Waals surface area contributed by atoms with Gasteiger partial charge in [-0.3, -0.25) is 4.79 Å². The van der Waals surface area contributed by atoms with Gasteiger partial charge in [0.1, 0.15) is 0 Å². The van der Waals surface area contributed by atoms with Crippen LogP contribution in [0.3, 0.4) is 0 Å². The molecule has 1 fully saturated rings. The molecule has 0 aromatic heterocycles. The number of nitrogens with zero attached hydrogens (tertiary/aromatic N) is 1. The standard InChI is InChI=1S/C15H22N2O/c1-11-3-5-12(6-4-11)9-15(18)17(2)14(10-16)13-7-8-13/h3-6,13-14H,7-10,16H2,1-2H3. The van der Waals surface area contributed by atoms with Crippen LogP contribution in [0.4, 0.5) is 0 Å². The second-order valence-electron chi connectivity index (χ2n) is 5.31. The van der Waals surface area contributed by atoms with E-state index in [9.17, 15) is 4.79 Å². The third kappa shape index (κ3) is 3.10. The predicted octanol–water partition coefficient (Wildman–Crippen LogP) is 1.73. The first-order valence-electron chi connectivity index (χ1n) is 6.63. The molecule has 1 saturated carbocycles. The Morgan fingerprint density at radius 2 is 2.00 bits per heavy atom. The van der Waals surface area contributed by atoms with E-state index in [1.165, 1.54) is 18.4 Å². The second-order valence-corrected chi connectivity index (χ2v) is 5.31. The molecular weight excluding hydrogens is 224 g/mol. The van der Waals surface area contributed by atoms with Crippen molar-refractivity contribution in [2.24, 2.45) is 11.7 Å². The largest absolute Gasteiger partial charge is 0.341 e. The van der Waals surface area contributed by atoms with E-state index in [4.69, 9.17) is 5.73 Å². The van der Waals surface area contributed by atoms with Gasteiger partial charge in [0.05, 0.1) is 6.42 Å². The summed E-state index contributed by atoms with van der Waals surface area (Å²) in [6.45, 7) is 2.62. The first kappa shape index (κ1) is 13.1. The van der Waals surface area contributed by atoms with Gasteiger partial charge in [0.2, 0.25) is 5.91 Å². The summed E-state index contributed by atoms with van der Waals surface area (Å²) in [7, 11) is 1.88. The molecule has 3 heteroatoms. The van der Waals surface area contributed by atoms with Crippen molar-refractivity contribution in [2.75, 3.05) is 13.6 Å². The van der Waals surface area contributed by atoms with Crippen molar-refractivity contribution in [1.29, 1.82) is 0 Å². The molecule has 1 atom stereocenters. The van der Waals surface area contributed by atoms with Crippen LogP contribution >= 0.6 is 0 Å². The molecule has 2 rings (SSSR count). The number of rotatable bonds is 5. The second kappa shape index (κ2) is 5.53. The summed E-state index contributed by atoms with van der Waals surface area (Å²) in [4.78, 5) is 14.0. The summed E-state index contributed by atoms with van der Waals surface area (Å²) in [5.41, 5.74) is 8.06. The van der Waals surface area contributed by atoms with Gasteiger partial charge in [-0.25, -0.2) is 0 Å². The zero-order chi connectivity index (χ0) is 13.1. The number of aryl methyl sites for hydroxylation is 1. The van der Waals surface area contributed by atoms with E-state index in [2.05, 4.69) is 6.92 Å². The predicted molar refractivity (Wildman–Crippen MR) is 73.2 cm³/mol. The highest BCUT2D eigenvalue weighted by atomic mass is 16.2. The molecule has 1 aromatic rings. The van der Waals surface area contributed by atoms with Crippen LogP contribution in [0.2, 0.25) is 0 Å². The van der Waals surface area contributed by atoms with Crippen molar-refractivity contribution in [3.05, 3.63) is 35.4 Å². The Balaban J connectivity index is 1.96. The van der Waals surface area contributed by atoms with Gasteiger partial charge in [-0.2, -0.15) is 0 Å². The molecule has 3 nitrogen and oxygen atoms in total. The molecule has 0 radical (unpaired) electrons. The Morgan fingerprint density at radius 3 is 2.50 bits per heavy atom. The molecule has 98 valence electrons. The minimum Gasteiger partial charge on any atom is -0.341 e. The first-order chi connectivity index (χ1) is 8.61. The number of nitrogens with two attached hydrogens (primary N) is 1. The fourth-order valence-corrected chi connectivity index (χ4v) is 2.34. The number of benzene rings is 1. The maximum atomic E-state index is 12.2. The zero-order valence-electron chi connectivity index (χ0n) is 11.2. The molecule has 0 heterocycles. The smallest absolute Gasteiger partial charge is 0.227 e. The fraction of sp³-hybridized carbons (Fsp3) is 0.533. The highest BCUT2D eigenvalue weighted by Gasteiger charge is 2.34. The van der Waals surface area contributed by atoms with E-state index in [-0.39, 0.29) is 11.9 Å². The molecular formula is C15H22N2O. The number of hydrogen-bond acceptors (Lipinski definition) is 2. The lowest BCUT2D eigenvalue weighted by Gasteiger charge is -2.27. The minimum atomic E-state index is 0.168. The third-order valence-corrected chi connectivity index (χ3v) is 3.77. The Bertz CT molecular complexity index is 409. The molecule has 18 heavy (non-hydrogen) atoms. The number of carbonyl (C=O) groups is 1. The van der Waals surface area contributed by atoms with Gasteiger partial charge >= 0.3 is 0 Å². The lowest BCUT2D eigenvalue weighted by Crippen LogP contribution is -2.43. The van der Waals surface area contributed by atoms with E-state index >= 15 is 0 Å². The van der Waals surface area contributed by atoms with Crippen molar-refractivity contribution in [1.82, 2.24) is 4.90 Å². The van der Waals surface area contributed by atoms with Crippen LogP contribution in [0, 0.1) is 12.8 Å². The molecule has 0 aliphatic heterocycles. The minimum absolute atomic E-state index is 0.168. The molecule has 0 spiro atoms. The monoisotopic (exact) mass is 246 g/mol. The summed E-state index contributed by atoms with van der Waals surface area (Å²) in [6.07, 6.45) is 2.90. The van der Waals surface area contributed by atoms with Crippen molar-refractivity contribution < 1.29 is 4.79 Å². The van der Waals surface area contributed by atoms with Crippen LogP contribution in [-0.4, -0.2) is 30.4 Å². The van der Waals surface area contributed by atoms with E-state index in [1.807, 2.05) is 36.2 Å². The Kier molecular flexibility index (Phi) is 4.02. The summed E-state index contributed by atoms with van der Waals surface area (Å²) < 4.78 is 0. The number of amides is 1. The van der Waals surface area contributed by atoms with E-state index in [0.717, 1.165) is 5.56 Å². The van der Waals surface area contributed by atoms with Gasteiger partial charge in [-0.05, 0) is 31.2 Å². The fourth-order valence-electron chi connectivity index (χ4n) is 2.34.